The van der Waals surface area contributed by atoms with Crippen LogP contribution in [0.4, 0.5) is 4.79 Å². The monoisotopic (exact) mass is 318 g/mol. The third-order valence-electron chi connectivity index (χ3n) is 3.41. The fraction of sp³-hybridized carbons (Fsp3) is 0.353. The molecule has 0 aliphatic carbocycles. The Morgan fingerprint density at radius 3 is 2.70 bits per heavy atom. The third kappa shape index (κ3) is 5.43. The summed E-state index contributed by atoms with van der Waals surface area (Å²) in [5.41, 5.74) is 0.836. The van der Waals surface area contributed by atoms with E-state index in [2.05, 4.69) is 10.6 Å². The lowest BCUT2D eigenvalue weighted by molar-refractivity contribution is 0.154. The molecule has 0 aliphatic heterocycles. The minimum Gasteiger partial charge on any atom is -0.467 e. The van der Waals surface area contributed by atoms with Gasteiger partial charge in [0.15, 0.2) is 0 Å². The van der Waals surface area contributed by atoms with E-state index in [1.54, 1.807) is 25.5 Å². The summed E-state index contributed by atoms with van der Waals surface area (Å²) in [6, 6.07) is 12.2. The first-order valence-corrected chi connectivity index (χ1v) is 7.50. The van der Waals surface area contributed by atoms with E-state index in [1.165, 1.54) is 0 Å². The maximum atomic E-state index is 11.9. The van der Waals surface area contributed by atoms with E-state index in [-0.39, 0.29) is 12.1 Å². The highest BCUT2D eigenvalue weighted by atomic mass is 16.5. The molecule has 6 heteroatoms. The SMILES string of the molecule is COCC(NC(=O)NCCC(O)c1ccccc1)c1ccco1. The Bertz CT molecular complexity index is 572. The van der Waals surface area contributed by atoms with Crippen molar-refractivity contribution in [1.82, 2.24) is 10.6 Å². The van der Waals surface area contributed by atoms with Gasteiger partial charge in [0.2, 0.25) is 0 Å². The average molecular weight is 318 g/mol. The maximum Gasteiger partial charge on any atom is 0.315 e. The zero-order valence-corrected chi connectivity index (χ0v) is 13.1. The summed E-state index contributed by atoms with van der Waals surface area (Å²) in [4.78, 5) is 11.9. The summed E-state index contributed by atoms with van der Waals surface area (Å²) in [7, 11) is 1.56. The maximum absolute atomic E-state index is 11.9. The number of benzene rings is 1. The van der Waals surface area contributed by atoms with Gasteiger partial charge in [0.1, 0.15) is 11.8 Å². The molecule has 0 fully saturated rings. The number of furan rings is 1. The Kier molecular flexibility index (Phi) is 6.65. The summed E-state index contributed by atoms with van der Waals surface area (Å²) in [5.74, 6) is 0.631. The Balaban J connectivity index is 1.76. The molecule has 6 nitrogen and oxygen atoms in total. The summed E-state index contributed by atoms with van der Waals surface area (Å²) in [5, 5.41) is 15.6. The number of carbonyl (C=O) groups excluding carboxylic acids is 1. The van der Waals surface area contributed by atoms with Crippen LogP contribution in [-0.4, -0.2) is 31.4 Å². The van der Waals surface area contributed by atoms with Gasteiger partial charge in [0.25, 0.3) is 0 Å². The molecule has 0 bridgehead atoms. The Morgan fingerprint density at radius 1 is 1.26 bits per heavy atom. The molecular weight excluding hydrogens is 296 g/mol. The fourth-order valence-corrected chi connectivity index (χ4v) is 2.22. The highest BCUT2D eigenvalue weighted by Crippen LogP contribution is 2.15. The lowest BCUT2D eigenvalue weighted by Crippen LogP contribution is -2.40. The van der Waals surface area contributed by atoms with E-state index >= 15 is 0 Å². The molecule has 2 aromatic rings. The second-order valence-electron chi connectivity index (χ2n) is 5.14. The summed E-state index contributed by atoms with van der Waals surface area (Å²) in [6.07, 6.45) is 1.39. The molecule has 0 aliphatic rings. The lowest BCUT2D eigenvalue weighted by atomic mass is 10.1. The van der Waals surface area contributed by atoms with Crippen LogP contribution in [0.1, 0.15) is 29.9 Å². The smallest absolute Gasteiger partial charge is 0.315 e. The molecule has 1 aromatic carbocycles. The molecule has 2 amide bonds. The molecule has 0 saturated heterocycles. The molecular formula is C17H22N2O4. The van der Waals surface area contributed by atoms with Gasteiger partial charge in [-0.1, -0.05) is 30.3 Å². The van der Waals surface area contributed by atoms with Crippen LogP contribution in [0.15, 0.2) is 53.1 Å². The summed E-state index contributed by atoms with van der Waals surface area (Å²) >= 11 is 0. The van der Waals surface area contributed by atoms with Crippen molar-refractivity contribution >= 4 is 6.03 Å². The topological polar surface area (TPSA) is 83.7 Å². The van der Waals surface area contributed by atoms with Gasteiger partial charge in [0.05, 0.1) is 19.0 Å². The van der Waals surface area contributed by atoms with Crippen molar-refractivity contribution in [2.24, 2.45) is 0 Å². The predicted molar refractivity (Wildman–Crippen MR) is 85.9 cm³/mol. The van der Waals surface area contributed by atoms with Crippen molar-refractivity contribution in [1.29, 1.82) is 0 Å². The number of methoxy groups -OCH3 is 1. The quantitative estimate of drug-likeness (QED) is 0.698. The van der Waals surface area contributed by atoms with Gasteiger partial charge in [-0.25, -0.2) is 4.79 Å². The Morgan fingerprint density at radius 2 is 2.04 bits per heavy atom. The van der Waals surface area contributed by atoms with E-state index in [9.17, 15) is 9.90 Å². The van der Waals surface area contributed by atoms with E-state index < -0.39 is 6.10 Å². The van der Waals surface area contributed by atoms with Crippen LogP contribution in [0.25, 0.3) is 0 Å². The Labute approximate surface area is 135 Å². The van der Waals surface area contributed by atoms with E-state index in [4.69, 9.17) is 9.15 Å². The molecule has 1 aromatic heterocycles. The first-order valence-electron chi connectivity index (χ1n) is 7.50. The van der Waals surface area contributed by atoms with Gasteiger partial charge in [-0.3, -0.25) is 0 Å². The predicted octanol–water partition coefficient (Wildman–Crippen LogP) is 2.39. The molecule has 0 spiro atoms. The van der Waals surface area contributed by atoms with Crippen LogP contribution in [-0.2, 0) is 4.74 Å². The number of nitrogens with one attached hydrogen (secondary N) is 2. The third-order valence-corrected chi connectivity index (χ3v) is 3.41. The zero-order chi connectivity index (χ0) is 16.5. The normalized spacial score (nSPS) is 13.3. The van der Waals surface area contributed by atoms with E-state index in [0.717, 1.165) is 5.56 Å². The van der Waals surface area contributed by atoms with Gasteiger partial charge >= 0.3 is 6.03 Å². The van der Waals surface area contributed by atoms with E-state index in [0.29, 0.717) is 25.3 Å². The molecule has 3 N–H and O–H groups in total. The summed E-state index contributed by atoms with van der Waals surface area (Å²) < 4.78 is 10.4. The van der Waals surface area contributed by atoms with Crippen LogP contribution in [0.3, 0.4) is 0 Å². The molecule has 2 unspecified atom stereocenters. The number of hydrogen-bond acceptors (Lipinski definition) is 4. The number of carbonyl (C=O) groups is 1. The van der Waals surface area contributed by atoms with Gasteiger partial charge in [-0.15, -0.1) is 0 Å². The largest absolute Gasteiger partial charge is 0.467 e. The highest BCUT2D eigenvalue weighted by molar-refractivity contribution is 5.74. The standard InChI is InChI=1S/C17H22N2O4/c1-22-12-14(16-8-5-11-23-16)19-17(21)18-10-9-15(20)13-6-3-2-4-7-13/h2-8,11,14-15,20H,9-10,12H2,1H3,(H2,18,19,21). The molecule has 2 rings (SSSR count). The van der Waals surface area contributed by atoms with Crippen LogP contribution in [0.2, 0.25) is 0 Å². The molecule has 0 radical (unpaired) electrons. The van der Waals surface area contributed by atoms with Crippen LogP contribution < -0.4 is 10.6 Å². The molecule has 23 heavy (non-hydrogen) atoms. The first kappa shape index (κ1) is 17.1. The van der Waals surface area contributed by atoms with Crippen LogP contribution >= 0.6 is 0 Å². The van der Waals surface area contributed by atoms with Gasteiger partial charge in [-0.05, 0) is 24.1 Å². The number of amides is 2. The number of rotatable bonds is 8. The molecule has 1 heterocycles. The highest BCUT2D eigenvalue weighted by Gasteiger charge is 2.17. The number of ether oxygens (including phenoxy) is 1. The van der Waals surface area contributed by atoms with Crippen molar-refractivity contribution < 1.29 is 19.1 Å². The number of aliphatic hydroxyl groups excluding tert-OH is 1. The average Bonchev–Trinajstić information content (AvgIpc) is 3.09. The zero-order valence-electron chi connectivity index (χ0n) is 13.1. The van der Waals surface area contributed by atoms with Gasteiger partial charge in [-0.2, -0.15) is 0 Å². The van der Waals surface area contributed by atoms with Crippen molar-refractivity contribution in [3.8, 4) is 0 Å². The lowest BCUT2D eigenvalue weighted by Gasteiger charge is -2.17. The van der Waals surface area contributed by atoms with Gasteiger partial charge in [0, 0.05) is 13.7 Å². The van der Waals surface area contributed by atoms with Gasteiger partial charge < -0.3 is 24.9 Å². The van der Waals surface area contributed by atoms with Crippen molar-refractivity contribution in [2.75, 3.05) is 20.3 Å². The minimum atomic E-state index is -0.601. The van der Waals surface area contributed by atoms with E-state index in [1.807, 2.05) is 30.3 Å². The van der Waals surface area contributed by atoms with Crippen LogP contribution in [0, 0.1) is 0 Å². The summed E-state index contributed by atoms with van der Waals surface area (Å²) in [6.45, 7) is 0.674. The second kappa shape index (κ2) is 8.97. The fourth-order valence-electron chi connectivity index (χ4n) is 2.22. The first-order chi connectivity index (χ1) is 11.2. The van der Waals surface area contributed by atoms with Crippen molar-refractivity contribution in [2.45, 2.75) is 18.6 Å². The number of urea groups is 1. The second-order valence-corrected chi connectivity index (χ2v) is 5.14. The molecule has 124 valence electrons. The molecule has 0 saturated carbocycles. The minimum absolute atomic E-state index is 0.313. The molecule has 2 atom stereocenters. The number of hydrogen-bond donors (Lipinski definition) is 3. The van der Waals surface area contributed by atoms with Crippen LogP contribution in [0.5, 0.6) is 0 Å². The van der Waals surface area contributed by atoms with Crippen molar-refractivity contribution in [3.63, 3.8) is 0 Å². The van der Waals surface area contributed by atoms with Crippen molar-refractivity contribution in [3.05, 3.63) is 60.1 Å². The number of aliphatic hydroxyl groups is 1. The Hall–Kier alpha value is -2.31.